The average Bonchev–Trinajstić information content (AvgIpc) is 3.12. The van der Waals surface area contributed by atoms with Crippen LogP contribution in [0.3, 0.4) is 0 Å². The molecule has 0 bridgehead atoms. The fraction of sp³-hybridized carbons (Fsp3) is 0.474. The third-order valence-electron chi connectivity index (χ3n) is 4.42. The summed E-state index contributed by atoms with van der Waals surface area (Å²) in [7, 11) is 0. The number of hydrogen-bond acceptors (Lipinski definition) is 5. The summed E-state index contributed by atoms with van der Waals surface area (Å²) >= 11 is 1.60. The number of carbonyl (C=O) groups is 1. The molecule has 0 aliphatic carbocycles. The summed E-state index contributed by atoms with van der Waals surface area (Å²) in [5, 5.41) is 9.18. The number of aromatic nitrogens is 1. The topological polar surface area (TPSA) is 63.2 Å². The Balaban J connectivity index is 1.64. The Labute approximate surface area is 152 Å². The molecule has 2 heterocycles. The molecular weight excluding hydrogens is 334 g/mol. The number of amides is 1. The van der Waals surface area contributed by atoms with Gasteiger partial charge >= 0.3 is 6.09 Å². The van der Waals surface area contributed by atoms with Crippen molar-refractivity contribution in [3.8, 4) is 10.6 Å². The van der Waals surface area contributed by atoms with Gasteiger partial charge in [0.2, 0.25) is 0 Å². The Morgan fingerprint density at radius 3 is 2.84 bits per heavy atom. The number of benzene rings is 1. The van der Waals surface area contributed by atoms with Crippen LogP contribution in [0.25, 0.3) is 10.6 Å². The summed E-state index contributed by atoms with van der Waals surface area (Å²) in [5.74, 6) is 0.842. The van der Waals surface area contributed by atoms with Crippen molar-refractivity contribution in [3.63, 3.8) is 0 Å². The van der Waals surface area contributed by atoms with E-state index in [4.69, 9.17) is 4.74 Å². The number of nitrogens with one attached hydrogen (secondary N) is 2. The Bertz CT molecular complexity index is 708. The van der Waals surface area contributed by atoms with E-state index in [0.29, 0.717) is 18.4 Å². The number of rotatable bonds is 5. The zero-order valence-corrected chi connectivity index (χ0v) is 15.6. The Hall–Kier alpha value is -1.92. The van der Waals surface area contributed by atoms with E-state index in [1.807, 2.05) is 24.3 Å². The number of nitrogens with zero attached hydrogens (tertiary/aromatic N) is 1. The predicted molar refractivity (Wildman–Crippen MR) is 102 cm³/mol. The van der Waals surface area contributed by atoms with Crippen molar-refractivity contribution in [2.24, 2.45) is 5.92 Å². The van der Waals surface area contributed by atoms with E-state index in [0.717, 1.165) is 47.9 Å². The molecule has 0 spiro atoms. The first-order valence-corrected chi connectivity index (χ1v) is 9.70. The molecule has 0 saturated carbocycles. The first kappa shape index (κ1) is 17.9. The quantitative estimate of drug-likeness (QED) is 0.826. The first-order chi connectivity index (χ1) is 12.1. The Kier molecular flexibility index (Phi) is 6.04. The molecule has 1 aromatic carbocycles. The summed E-state index contributed by atoms with van der Waals surface area (Å²) in [6, 6.07) is 7.73. The van der Waals surface area contributed by atoms with Gasteiger partial charge in [-0.05, 0) is 49.9 Å². The molecule has 1 saturated heterocycles. The van der Waals surface area contributed by atoms with E-state index in [-0.39, 0.29) is 0 Å². The first-order valence-electron chi connectivity index (χ1n) is 8.83. The second kappa shape index (κ2) is 8.45. The lowest BCUT2D eigenvalue weighted by Crippen LogP contribution is -2.31. The van der Waals surface area contributed by atoms with Crippen molar-refractivity contribution >= 4 is 23.1 Å². The van der Waals surface area contributed by atoms with Crippen molar-refractivity contribution in [2.45, 2.75) is 32.6 Å². The molecule has 2 aromatic rings. The number of hydrogen-bond donors (Lipinski definition) is 2. The SMILES string of the molecule is CC(C)c1csc(-c2ccccc2NC(=O)OCC2CCNCC2)n1. The average molecular weight is 359 g/mol. The molecule has 5 nitrogen and oxygen atoms in total. The normalized spacial score (nSPS) is 15.3. The predicted octanol–water partition coefficient (Wildman–Crippen LogP) is 4.48. The zero-order valence-electron chi connectivity index (χ0n) is 14.7. The summed E-state index contributed by atoms with van der Waals surface area (Å²) in [6.07, 6.45) is 1.72. The van der Waals surface area contributed by atoms with Gasteiger partial charge in [0.05, 0.1) is 18.0 Å². The zero-order chi connectivity index (χ0) is 17.6. The molecule has 2 N–H and O–H groups in total. The highest BCUT2D eigenvalue weighted by Crippen LogP contribution is 2.32. The summed E-state index contributed by atoms with van der Waals surface area (Å²) < 4.78 is 5.42. The van der Waals surface area contributed by atoms with Gasteiger partial charge in [-0.3, -0.25) is 5.32 Å². The number of para-hydroxylation sites is 1. The minimum absolute atomic E-state index is 0.389. The second-order valence-corrected chi connectivity index (χ2v) is 7.55. The van der Waals surface area contributed by atoms with Crippen molar-refractivity contribution < 1.29 is 9.53 Å². The lowest BCUT2D eigenvalue weighted by Gasteiger charge is -2.22. The summed E-state index contributed by atoms with van der Waals surface area (Å²) in [4.78, 5) is 16.9. The standard InChI is InChI=1S/C19H25N3O2S/c1-13(2)17-12-25-18(21-17)15-5-3-4-6-16(15)22-19(23)24-11-14-7-9-20-10-8-14/h3-6,12-14,20H,7-11H2,1-2H3,(H,22,23). The van der Waals surface area contributed by atoms with E-state index in [9.17, 15) is 4.79 Å². The van der Waals surface area contributed by atoms with E-state index in [1.54, 1.807) is 11.3 Å². The highest BCUT2D eigenvalue weighted by Gasteiger charge is 2.17. The maximum atomic E-state index is 12.2. The Morgan fingerprint density at radius 1 is 1.36 bits per heavy atom. The van der Waals surface area contributed by atoms with Gasteiger partial charge in [0.25, 0.3) is 0 Å². The van der Waals surface area contributed by atoms with Gasteiger partial charge in [-0.15, -0.1) is 11.3 Å². The minimum atomic E-state index is -0.397. The maximum absolute atomic E-state index is 12.2. The molecule has 25 heavy (non-hydrogen) atoms. The highest BCUT2D eigenvalue weighted by atomic mass is 32.1. The fourth-order valence-corrected chi connectivity index (χ4v) is 3.86. The van der Waals surface area contributed by atoms with Crippen LogP contribution >= 0.6 is 11.3 Å². The van der Waals surface area contributed by atoms with Crippen LogP contribution in [0.5, 0.6) is 0 Å². The molecule has 0 atom stereocenters. The molecule has 134 valence electrons. The smallest absolute Gasteiger partial charge is 0.411 e. The third-order valence-corrected chi connectivity index (χ3v) is 5.31. The lowest BCUT2D eigenvalue weighted by atomic mass is 9.99. The van der Waals surface area contributed by atoms with Gasteiger partial charge in [0, 0.05) is 10.9 Å². The molecule has 1 aliphatic heterocycles. The van der Waals surface area contributed by atoms with E-state index >= 15 is 0 Å². The number of anilines is 1. The van der Waals surface area contributed by atoms with E-state index in [1.165, 1.54) is 0 Å². The molecule has 1 amide bonds. The van der Waals surface area contributed by atoms with Gasteiger partial charge in [-0.1, -0.05) is 26.0 Å². The van der Waals surface area contributed by atoms with Crippen molar-refractivity contribution in [1.82, 2.24) is 10.3 Å². The molecule has 3 rings (SSSR count). The molecule has 6 heteroatoms. The van der Waals surface area contributed by atoms with E-state index in [2.05, 4.69) is 34.8 Å². The van der Waals surface area contributed by atoms with Gasteiger partial charge in [-0.25, -0.2) is 9.78 Å². The third kappa shape index (κ3) is 4.80. The number of piperidine rings is 1. The molecule has 1 aliphatic rings. The monoisotopic (exact) mass is 359 g/mol. The van der Waals surface area contributed by atoms with Crippen LogP contribution in [-0.4, -0.2) is 30.8 Å². The lowest BCUT2D eigenvalue weighted by molar-refractivity contribution is 0.131. The van der Waals surface area contributed by atoms with Crippen LogP contribution in [-0.2, 0) is 4.74 Å². The van der Waals surface area contributed by atoms with Crippen LogP contribution < -0.4 is 10.6 Å². The molecular formula is C19H25N3O2S. The fourth-order valence-electron chi connectivity index (χ4n) is 2.84. The number of ether oxygens (including phenoxy) is 1. The van der Waals surface area contributed by atoms with Gasteiger partial charge in [0.1, 0.15) is 5.01 Å². The second-order valence-electron chi connectivity index (χ2n) is 6.69. The maximum Gasteiger partial charge on any atom is 0.411 e. The molecule has 1 aromatic heterocycles. The van der Waals surface area contributed by atoms with Gasteiger partial charge in [-0.2, -0.15) is 0 Å². The van der Waals surface area contributed by atoms with Crippen LogP contribution in [0.2, 0.25) is 0 Å². The van der Waals surface area contributed by atoms with Crippen LogP contribution in [0.15, 0.2) is 29.6 Å². The van der Waals surface area contributed by atoms with E-state index < -0.39 is 6.09 Å². The highest BCUT2D eigenvalue weighted by molar-refractivity contribution is 7.13. The van der Waals surface area contributed by atoms with Crippen LogP contribution in [0.1, 0.15) is 38.3 Å². The number of carbonyl (C=O) groups excluding carboxylic acids is 1. The Morgan fingerprint density at radius 2 is 2.12 bits per heavy atom. The summed E-state index contributed by atoms with van der Waals surface area (Å²) in [5.41, 5.74) is 2.74. The molecule has 0 unspecified atom stereocenters. The van der Waals surface area contributed by atoms with Gasteiger partial charge in [0.15, 0.2) is 0 Å². The van der Waals surface area contributed by atoms with Crippen molar-refractivity contribution in [2.75, 3.05) is 25.0 Å². The minimum Gasteiger partial charge on any atom is -0.449 e. The molecule has 0 radical (unpaired) electrons. The summed E-state index contributed by atoms with van der Waals surface area (Å²) in [6.45, 7) is 6.73. The van der Waals surface area contributed by atoms with Crippen molar-refractivity contribution in [3.05, 3.63) is 35.3 Å². The number of thiazole rings is 1. The largest absolute Gasteiger partial charge is 0.449 e. The van der Waals surface area contributed by atoms with Crippen LogP contribution in [0.4, 0.5) is 10.5 Å². The van der Waals surface area contributed by atoms with Gasteiger partial charge < -0.3 is 10.1 Å². The van der Waals surface area contributed by atoms with Crippen molar-refractivity contribution in [1.29, 1.82) is 0 Å². The molecule has 1 fully saturated rings. The van der Waals surface area contributed by atoms with Crippen LogP contribution in [0, 0.1) is 5.92 Å².